The smallest absolute Gasteiger partial charge is 0.462 e. The molecular formula is C43H80NO8P. The summed E-state index contributed by atoms with van der Waals surface area (Å²) in [6, 6.07) is 0. The molecule has 2 atom stereocenters. The summed E-state index contributed by atoms with van der Waals surface area (Å²) in [5.74, 6) is -0.849. The molecule has 3 N–H and O–H groups in total. The molecular weight excluding hydrogens is 689 g/mol. The monoisotopic (exact) mass is 770 g/mol. The highest BCUT2D eigenvalue weighted by Crippen LogP contribution is 2.43. The summed E-state index contributed by atoms with van der Waals surface area (Å²) in [7, 11) is -4.38. The molecule has 0 aromatic rings. The van der Waals surface area contributed by atoms with Crippen molar-refractivity contribution in [3.05, 3.63) is 36.5 Å². The van der Waals surface area contributed by atoms with E-state index in [1.165, 1.54) is 103 Å². The lowest BCUT2D eigenvalue weighted by atomic mass is 10.0. The number of carbonyl (C=O) groups is 2. The second-order valence-electron chi connectivity index (χ2n) is 14.2. The van der Waals surface area contributed by atoms with E-state index in [9.17, 15) is 19.0 Å². The highest BCUT2D eigenvalue weighted by Gasteiger charge is 2.26. The van der Waals surface area contributed by atoms with Gasteiger partial charge in [-0.15, -0.1) is 0 Å². The Morgan fingerprint density at radius 3 is 1.49 bits per heavy atom. The Bertz CT molecular complexity index is 970. The molecule has 10 heteroatoms. The van der Waals surface area contributed by atoms with Gasteiger partial charge < -0.3 is 20.1 Å². The van der Waals surface area contributed by atoms with Crippen LogP contribution in [0, 0.1) is 0 Å². The second-order valence-corrected chi connectivity index (χ2v) is 15.7. The van der Waals surface area contributed by atoms with Crippen LogP contribution in [0.15, 0.2) is 36.5 Å². The Balaban J connectivity index is 4.20. The molecule has 53 heavy (non-hydrogen) atoms. The third-order valence-corrected chi connectivity index (χ3v) is 10.0. The van der Waals surface area contributed by atoms with Crippen molar-refractivity contribution in [1.29, 1.82) is 0 Å². The van der Waals surface area contributed by atoms with Gasteiger partial charge in [-0.2, -0.15) is 0 Å². The summed E-state index contributed by atoms with van der Waals surface area (Å²) < 4.78 is 32.7. The van der Waals surface area contributed by atoms with Gasteiger partial charge in [0.2, 0.25) is 0 Å². The van der Waals surface area contributed by atoms with Gasteiger partial charge in [0.1, 0.15) is 6.61 Å². The number of phosphoric ester groups is 1. The Morgan fingerprint density at radius 1 is 0.566 bits per heavy atom. The van der Waals surface area contributed by atoms with Gasteiger partial charge in [0, 0.05) is 19.4 Å². The number of allylic oxidation sites excluding steroid dienone is 6. The maximum atomic E-state index is 12.6. The summed E-state index contributed by atoms with van der Waals surface area (Å²) >= 11 is 0. The summed E-state index contributed by atoms with van der Waals surface area (Å²) in [5, 5.41) is 0. The van der Waals surface area contributed by atoms with Gasteiger partial charge in [0.15, 0.2) is 6.10 Å². The minimum absolute atomic E-state index is 0.0498. The molecule has 0 aromatic carbocycles. The summed E-state index contributed by atoms with van der Waals surface area (Å²) in [4.78, 5) is 34.8. The molecule has 0 aliphatic heterocycles. The van der Waals surface area contributed by atoms with E-state index in [2.05, 4.69) is 50.3 Å². The second kappa shape index (κ2) is 39.9. The molecule has 9 nitrogen and oxygen atoms in total. The van der Waals surface area contributed by atoms with Crippen molar-refractivity contribution in [2.45, 2.75) is 200 Å². The number of carbonyl (C=O) groups excluding carboxylic acids is 2. The number of nitrogens with two attached hydrogens (primary N) is 1. The topological polar surface area (TPSA) is 134 Å². The first kappa shape index (κ1) is 51.2. The number of hydrogen-bond acceptors (Lipinski definition) is 8. The van der Waals surface area contributed by atoms with Gasteiger partial charge in [-0.25, -0.2) is 4.57 Å². The van der Waals surface area contributed by atoms with Crippen LogP contribution in [-0.4, -0.2) is 49.3 Å². The van der Waals surface area contributed by atoms with Crippen molar-refractivity contribution in [3.8, 4) is 0 Å². The summed E-state index contributed by atoms with van der Waals surface area (Å²) in [6.45, 7) is 3.69. The molecule has 0 fully saturated rings. The van der Waals surface area contributed by atoms with E-state index in [1.54, 1.807) is 0 Å². The van der Waals surface area contributed by atoms with Crippen LogP contribution in [-0.2, 0) is 32.7 Å². The van der Waals surface area contributed by atoms with E-state index >= 15 is 0 Å². The average molecular weight is 770 g/mol. The molecule has 0 bridgehead atoms. The molecule has 0 rings (SSSR count). The molecule has 0 aliphatic carbocycles. The number of unbranched alkanes of at least 4 members (excludes halogenated alkanes) is 21. The Kier molecular flexibility index (Phi) is 38.6. The number of esters is 2. The molecule has 310 valence electrons. The van der Waals surface area contributed by atoms with Gasteiger partial charge in [0.25, 0.3) is 0 Å². The fourth-order valence-electron chi connectivity index (χ4n) is 5.82. The van der Waals surface area contributed by atoms with E-state index in [1.807, 2.05) is 0 Å². The largest absolute Gasteiger partial charge is 0.472 e. The van der Waals surface area contributed by atoms with Gasteiger partial charge in [-0.1, -0.05) is 166 Å². The normalized spacial score (nSPS) is 13.7. The van der Waals surface area contributed by atoms with Gasteiger partial charge in [0.05, 0.1) is 13.2 Å². The highest BCUT2D eigenvalue weighted by atomic mass is 31.2. The number of rotatable bonds is 40. The third-order valence-electron chi connectivity index (χ3n) is 9.03. The van der Waals surface area contributed by atoms with E-state index in [0.717, 1.165) is 57.8 Å². The lowest BCUT2D eigenvalue weighted by Gasteiger charge is -2.19. The van der Waals surface area contributed by atoms with Crippen molar-refractivity contribution < 1.29 is 37.6 Å². The van der Waals surface area contributed by atoms with Crippen LogP contribution in [0.1, 0.15) is 194 Å². The van der Waals surface area contributed by atoms with E-state index in [4.69, 9.17) is 24.3 Å². The summed E-state index contributed by atoms with van der Waals surface area (Å²) in [6.07, 6.45) is 43.1. The minimum atomic E-state index is -4.38. The van der Waals surface area contributed by atoms with Crippen LogP contribution < -0.4 is 5.73 Å². The number of ether oxygens (including phenoxy) is 2. The lowest BCUT2D eigenvalue weighted by Crippen LogP contribution is -2.29. The first-order valence-electron chi connectivity index (χ1n) is 21.5. The zero-order chi connectivity index (χ0) is 38.9. The van der Waals surface area contributed by atoms with Crippen molar-refractivity contribution in [2.24, 2.45) is 5.73 Å². The van der Waals surface area contributed by atoms with Crippen molar-refractivity contribution in [2.75, 3.05) is 26.4 Å². The fraction of sp³-hybridized carbons (Fsp3) is 0.814. The molecule has 0 radical (unpaired) electrons. The fourth-order valence-corrected chi connectivity index (χ4v) is 6.58. The van der Waals surface area contributed by atoms with Crippen LogP contribution in [0.2, 0.25) is 0 Å². The standard InChI is InChI=1S/C43H80NO8P/c1-3-5-7-9-11-13-15-17-19-20-22-24-26-28-30-32-34-36-43(46)52-41(40-51-53(47,48)50-38-37-44)39-49-42(45)35-33-31-29-27-25-23-21-18-16-14-12-10-8-6-4-2/h11,13,17,19,22,24,41H,3-10,12,14-16,18,20-21,23,25-40,44H2,1-2H3,(H,47,48). The maximum absolute atomic E-state index is 12.6. The van der Waals surface area contributed by atoms with Gasteiger partial charge in [-0.05, 0) is 51.4 Å². The predicted molar refractivity (Wildman–Crippen MR) is 220 cm³/mol. The molecule has 0 heterocycles. The molecule has 0 saturated heterocycles. The highest BCUT2D eigenvalue weighted by molar-refractivity contribution is 7.47. The zero-order valence-electron chi connectivity index (χ0n) is 34.0. The van der Waals surface area contributed by atoms with Crippen LogP contribution in [0.25, 0.3) is 0 Å². The molecule has 2 unspecified atom stereocenters. The van der Waals surface area contributed by atoms with Gasteiger partial charge >= 0.3 is 19.8 Å². The quantitative estimate of drug-likeness (QED) is 0.0270. The maximum Gasteiger partial charge on any atom is 0.472 e. The molecule has 0 amide bonds. The van der Waals surface area contributed by atoms with Gasteiger partial charge in [-0.3, -0.25) is 18.6 Å². The van der Waals surface area contributed by atoms with Crippen molar-refractivity contribution >= 4 is 19.8 Å². The Morgan fingerprint density at radius 2 is 0.981 bits per heavy atom. The molecule has 0 spiro atoms. The van der Waals surface area contributed by atoms with E-state index in [0.29, 0.717) is 6.42 Å². The first-order chi connectivity index (χ1) is 25.8. The van der Waals surface area contributed by atoms with Crippen molar-refractivity contribution in [1.82, 2.24) is 0 Å². The lowest BCUT2D eigenvalue weighted by molar-refractivity contribution is -0.161. The Hall–Kier alpha value is -1.77. The van der Waals surface area contributed by atoms with E-state index in [-0.39, 0.29) is 38.6 Å². The summed E-state index contributed by atoms with van der Waals surface area (Å²) in [5.41, 5.74) is 5.34. The Labute approximate surface area is 324 Å². The van der Waals surface area contributed by atoms with Crippen LogP contribution in [0.5, 0.6) is 0 Å². The van der Waals surface area contributed by atoms with Crippen LogP contribution >= 0.6 is 7.82 Å². The molecule has 0 aromatic heterocycles. The third kappa shape index (κ3) is 39.7. The first-order valence-corrected chi connectivity index (χ1v) is 23.0. The van der Waals surface area contributed by atoms with Crippen LogP contribution in [0.3, 0.4) is 0 Å². The zero-order valence-corrected chi connectivity index (χ0v) is 34.9. The molecule has 0 saturated carbocycles. The molecule has 0 aliphatic rings. The van der Waals surface area contributed by atoms with E-state index < -0.39 is 26.5 Å². The number of hydrogen-bond donors (Lipinski definition) is 2. The predicted octanol–water partition coefficient (Wildman–Crippen LogP) is 12.2. The minimum Gasteiger partial charge on any atom is -0.462 e. The number of phosphoric acid groups is 1. The SMILES string of the molecule is CCCCCC=CCC=CCC=CCCCCCCC(=O)OC(COC(=O)CCCCCCCCCCCCCCCCC)COP(=O)(O)OCCN. The average Bonchev–Trinajstić information content (AvgIpc) is 3.14. The van der Waals surface area contributed by atoms with Crippen LogP contribution in [0.4, 0.5) is 0 Å². The van der Waals surface area contributed by atoms with Crippen molar-refractivity contribution in [3.63, 3.8) is 0 Å².